The smallest absolute Gasteiger partial charge is 0.337 e. The number of aromatic nitrogens is 1. The molecule has 0 bridgehead atoms. The first kappa shape index (κ1) is 14.0. The third-order valence-electron chi connectivity index (χ3n) is 3.28. The van der Waals surface area contributed by atoms with Gasteiger partial charge < -0.3 is 9.67 Å². The molecule has 0 radical (unpaired) electrons. The zero-order chi connectivity index (χ0) is 14.9. The van der Waals surface area contributed by atoms with Gasteiger partial charge in [-0.1, -0.05) is 12.1 Å². The molecule has 1 aromatic carbocycles. The number of halogens is 1. The zero-order valence-corrected chi connectivity index (χ0v) is 11.1. The fraction of sp³-hybridized carbons (Fsp3) is 0.200. The molecule has 4 nitrogen and oxygen atoms in total. The van der Waals surface area contributed by atoms with Crippen molar-refractivity contribution in [2.24, 2.45) is 0 Å². The fourth-order valence-electron chi connectivity index (χ4n) is 1.96. The molecule has 0 saturated heterocycles. The average molecular weight is 275 g/mol. The van der Waals surface area contributed by atoms with Crippen LogP contribution in [0.3, 0.4) is 0 Å². The lowest BCUT2D eigenvalue weighted by Crippen LogP contribution is -2.24. The highest BCUT2D eigenvalue weighted by atomic mass is 19.1. The number of hydrogen-bond donors (Lipinski definition) is 1. The summed E-state index contributed by atoms with van der Waals surface area (Å²) in [6.45, 7) is 3.37. The van der Waals surface area contributed by atoms with Crippen molar-refractivity contribution in [1.82, 2.24) is 4.57 Å². The Morgan fingerprint density at radius 1 is 1.30 bits per heavy atom. The van der Waals surface area contributed by atoms with E-state index in [9.17, 15) is 14.0 Å². The average Bonchev–Trinajstić information content (AvgIpc) is 2.41. The molecule has 1 aromatic heterocycles. The highest BCUT2D eigenvalue weighted by Gasteiger charge is 2.13. The van der Waals surface area contributed by atoms with Gasteiger partial charge in [0.2, 0.25) is 0 Å². The maximum atomic E-state index is 13.6. The molecule has 1 N–H and O–H groups in total. The maximum absolute atomic E-state index is 13.6. The molecule has 1 heterocycles. The maximum Gasteiger partial charge on any atom is 0.337 e. The van der Waals surface area contributed by atoms with Crippen LogP contribution in [0.15, 0.2) is 41.3 Å². The molecule has 0 fully saturated rings. The summed E-state index contributed by atoms with van der Waals surface area (Å²) < 4.78 is 14.9. The molecule has 0 saturated carbocycles. The van der Waals surface area contributed by atoms with E-state index < -0.39 is 12.0 Å². The second-order valence-electron chi connectivity index (χ2n) is 4.65. The number of hydrogen-bond acceptors (Lipinski definition) is 2. The number of benzene rings is 1. The van der Waals surface area contributed by atoms with E-state index in [4.69, 9.17) is 5.11 Å². The minimum atomic E-state index is -1.11. The number of rotatable bonds is 3. The van der Waals surface area contributed by atoms with E-state index >= 15 is 0 Å². The van der Waals surface area contributed by atoms with Crippen molar-refractivity contribution in [2.45, 2.75) is 19.9 Å². The van der Waals surface area contributed by atoms with Crippen LogP contribution in [0.1, 0.15) is 34.5 Å². The highest BCUT2D eigenvalue weighted by Crippen LogP contribution is 2.19. The molecule has 0 amide bonds. The van der Waals surface area contributed by atoms with Crippen LogP contribution in [0.5, 0.6) is 0 Å². The Kier molecular flexibility index (Phi) is 3.70. The second kappa shape index (κ2) is 5.28. The Balaban J connectivity index is 2.49. The Hall–Kier alpha value is -2.43. The third-order valence-corrected chi connectivity index (χ3v) is 3.28. The van der Waals surface area contributed by atoms with Crippen molar-refractivity contribution in [1.29, 1.82) is 0 Å². The highest BCUT2D eigenvalue weighted by molar-refractivity contribution is 5.87. The quantitative estimate of drug-likeness (QED) is 0.936. The first-order chi connectivity index (χ1) is 9.40. The standard InChI is InChI=1S/C15H14FNO3/c1-9-3-4-11(7-13(9)16)10(2)17-8-12(15(19)20)5-6-14(17)18/h3-8,10H,1-2H3,(H,19,20). The number of carboxylic acid groups (broad SMARTS) is 1. The van der Waals surface area contributed by atoms with Gasteiger partial charge in [0.25, 0.3) is 5.56 Å². The van der Waals surface area contributed by atoms with Crippen LogP contribution in [-0.2, 0) is 0 Å². The Bertz CT molecular complexity index is 721. The summed E-state index contributed by atoms with van der Waals surface area (Å²) in [4.78, 5) is 22.8. The second-order valence-corrected chi connectivity index (χ2v) is 4.65. The number of aromatic carboxylic acids is 1. The zero-order valence-electron chi connectivity index (χ0n) is 11.1. The number of nitrogens with zero attached hydrogens (tertiary/aromatic N) is 1. The Morgan fingerprint density at radius 3 is 2.60 bits per heavy atom. The van der Waals surface area contributed by atoms with E-state index in [0.717, 1.165) is 0 Å². The van der Waals surface area contributed by atoms with Gasteiger partial charge in [0.05, 0.1) is 11.6 Å². The van der Waals surface area contributed by atoms with E-state index in [1.807, 2.05) is 0 Å². The molecule has 0 aliphatic heterocycles. The number of aryl methyl sites for hydroxylation is 1. The molecule has 2 rings (SSSR count). The van der Waals surface area contributed by atoms with Gasteiger partial charge in [0.15, 0.2) is 0 Å². The predicted octanol–water partition coefficient (Wildman–Crippen LogP) is 2.60. The van der Waals surface area contributed by atoms with E-state index in [0.29, 0.717) is 11.1 Å². The van der Waals surface area contributed by atoms with Gasteiger partial charge in [0.1, 0.15) is 5.82 Å². The van der Waals surface area contributed by atoms with Gasteiger partial charge >= 0.3 is 5.97 Å². The fourth-order valence-corrected chi connectivity index (χ4v) is 1.96. The molecule has 20 heavy (non-hydrogen) atoms. The normalized spacial score (nSPS) is 12.2. The molecule has 0 spiro atoms. The number of pyridine rings is 1. The summed E-state index contributed by atoms with van der Waals surface area (Å²) in [7, 11) is 0. The van der Waals surface area contributed by atoms with Crippen molar-refractivity contribution >= 4 is 5.97 Å². The summed E-state index contributed by atoms with van der Waals surface area (Å²) in [6.07, 6.45) is 1.27. The van der Waals surface area contributed by atoms with Gasteiger partial charge in [0, 0.05) is 12.3 Å². The van der Waals surface area contributed by atoms with E-state index in [-0.39, 0.29) is 16.9 Å². The molecule has 1 unspecified atom stereocenters. The number of carbonyl (C=O) groups is 1. The van der Waals surface area contributed by atoms with Gasteiger partial charge in [-0.3, -0.25) is 4.79 Å². The third kappa shape index (κ3) is 2.61. The van der Waals surface area contributed by atoms with Crippen molar-refractivity contribution in [3.8, 4) is 0 Å². The van der Waals surface area contributed by atoms with Crippen LogP contribution in [0.25, 0.3) is 0 Å². The molecule has 5 heteroatoms. The van der Waals surface area contributed by atoms with Crippen LogP contribution >= 0.6 is 0 Å². The molecule has 0 aliphatic carbocycles. The minimum Gasteiger partial charge on any atom is -0.478 e. The monoisotopic (exact) mass is 275 g/mol. The lowest BCUT2D eigenvalue weighted by atomic mass is 10.1. The Labute approximate surface area is 115 Å². The van der Waals surface area contributed by atoms with Gasteiger partial charge in [-0.15, -0.1) is 0 Å². The van der Waals surface area contributed by atoms with Crippen LogP contribution in [-0.4, -0.2) is 15.6 Å². The van der Waals surface area contributed by atoms with E-state index in [1.54, 1.807) is 26.0 Å². The van der Waals surface area contributed by atoms with Crippen LogP contribution in [0, 0.1) is 12.7 Å². The number of carboxylic acids is 1. The Morgan fingerprint density at radius 2 is 2.00 bits per heavy atom. The van der Waals surface area contributed by atoms with E-state index in [1.165, 1.54) is 29.0 Å². The van der Waals surface area contributed by atoms with Gasteiger partial charge in [-0.25, -0.2) is 9.18 Å². The predicted molar refractivity (Wildman–Crippen MR) is 72.6 cm³/mol. The van der Waals surface area contributed by atoms with Crippen molar-refractivity contribution < 1.29 is 14.3 Å². The van der Waals surface area contributed by atoms with Crippen LogP contribution in [0.2, 0.25) is 0 Å². The molecule has 104 valence electrons. The van der Waals surface area contributed by atoms with Crippen molar-refractivity contribution in [3.05, 3.63) is 69.4 Å². The molecule has 0 aliphatic rings. The van der Waals surface area contributed by atoms with Crippen LogP contribution < -0.4 is 5.56 Å². The first-order valence-electron chi connectivity index (χ1n) is 6.11. The molecule has 1 atom stereocenters. The van der Waals surface area contributed by atoms with E-state index in [2.05, 4.69) is 0 Å². The SMILES string of the molecule is Cc1ccc(C(C)n2cc(C(=O)O)ccc2=O)cc1F. The molecular weight excluding hydrogens is 261 g/mol. The van der Waals surface area contributed by atoms with Crippen molar-refractivity contribution in [3.63, 3.8) is 0 Å². The largest absolute Gasteiger partial charge is 0.478 e. The van der Waals surface area contributed by atoms with Crippen LogP contribution in [0.4, 0.5) is 4.39 Å². The molecule has 2 aromatic rings. The van der Waals surface area contributed by atoms with Gasteiger partial charge in [-0.05, 0) is 37.1 Å². The summed E-state index contributed by atoms with van der Waals surface area (Å²) in [6, 6.07) is 6.72. The minimum absolute atomic E-state index is 0.0176. The van der Waals surface area contributed by atoms with Crippen molar-refractivity contribution in [2.75, 3.05) is 0 Å². The lowest BCUT2D eigenvalue weighted by Gasteiger charge is -2.16. The summed E-state index contributed by atoms with van der Waals surface area (Å²) >= 11 is 0. The first-order valence-corrected chi connectivity index (χ1v) is 6.11. The molecular formula is C15H14FNO3. The summed E-state index contributed by atoms with van der Waals surface area (Å²) in [5.41, 5.74) is 0.817. The lowest BCUT2D eigenvalue weighted by molar-refractivity contribution is 0.0695. The van der Waals surface area contributed by atoms with Gasteiger partial charge in [-0.2, -0.15) is 0 Å². The summed E-state index contributed by atoms with van der Waals surface area (Å²) in [5.74, 6) is -1.46. The summed E-state index contributed by atoms with van der Waals surface area (Å²) in [5, 5.41) is 8.96. The topological polar surface area (TPSA) is 59.3 Å².